The summed E-state index contributed by atoms with van der Waals surface area (Å²) in [5.74, 6) is -1.45. The van der Waals surface area contributed by atoms with Gasteiger partial charge in [0.15, 0.2) is 0 Å². The van der Waals surface area contributed by atoms with Crippen molar-refractivity contribution in [2.24, 2.45) is 0 Å². The number of rotatable bonds is 1. The molecule has 0 saturated heterocycles. The van der Waals surface area contributed by atoms with Gasteiger partial charge in [-0.3, -0.25) is 10.1 Å². The summed E-state index contributed by atoms with van der Waals surface area (Å²) in [5.41, 5.74) is -0.553. The maximum atomic E-state index is 13.6. The van der Waals surface area contributed by atoms with E-state index < -0.39 is 23.4 Å². The Labute approximate surface area is 105 Å². The average Bonchev–Trinajstić information content (AvgIpc) is 2.18. The normalized spacial score (nSPS) is 10.9. The maximum Gasteiger partial charge on any atom is 0.414 e. The van der Waals surface area contributed by atoms with Gasteiger partial charge in [-0.05, 0) is 39.3 Å². The molecule has 0 aliphatic rings. The molecule has 5 heteroatoms. The Morgan fingerprint density at radius 3 is 2.44 bits per heavy atom. The lowest BCUT2D eigenvalue weighted by Gasteiger charge is -2.19. The van der Waals surface area contributed by atoms with Crippen LogP contribution in [-0.2, 0) is 4.74 Å². The van der Waals surface area contributed by atoms with Crippen LogP contribution in [0.15, 0.2) is 18.2 Å². The summed E-state index contributed by atoms with van der Waals surface area (Å²) in [7, 11) is 0. The molecule has 0 heterocycles. The number of aryl methyl sites for hydroxylation is 1. The van der Waals surface area contributed by atoms with E-state index in [4.69, 9.17) is 4.74 Å². The highest BCUT2D eigenvalue weighted by molar-refractivity contribution is 6.03. The van der Waals surface area contributed by atoms with Gasteiger partial charge in [-0.25, -0.2) is 9.18 Å². The van der Waals surface area contributed by atoms with Crippen molar-refractivity contribution in [1.82, 2.24) is 5.32 Å². The van der Waals surface area contributed by atoms with Gasteiger partial charge >= 0.3 is 6.09 Å². The van der Waals surface area contributed by atoms with Crippen molar-refractivity contribution in [3.8, 4) is 0 Å². The molecule has 1 aromatic carbocycles. The fourth-order valence-electron chi connectivity index (χ4n) is 1.29. The van der Waals surface area contributed by atoms with Gasteiger partial charge in [0.2, 0.25) is 0 Å². The summed E-state index contributed by atoms with van der Waals surface area (Å²) in [5, 5.41) is 1.98. The third-order valence-electron chi connectivity index (χ3n) is 2.05. The molecule has 0 spiro atoms. The molecule has 98 valence electrons. The second-order valence-electron chi connectivity index (χ2n) is 4.89. The lowest BCUT2D eigenvalue weighted by Crippen LogP contribution is -2.36. The molecule has 1 rings (SSSR count). The fourth-order valence-corrected chi connectivity index (χ4v) is 1.29. The van der Waals surface area contributed by atoms with E-state index >= 15 is 0 Å². The Kier molecular flexibility index (Phi) is 4.06. The highest BCUT2D eigenvalue weighted by Crippen LogP contribution is 2.12. The number of ether oxygens (including phenoxy) is 1. The van der Waals surface area contributed by atoms with Gasteiger partial charge < -0.3 is 4.74 Å². The zero-order valence-electron chi connectivity index (χ0n) is 10.8. The molecule has 4 nitrogen and oxygen atoms in total. The molecule has 0 bridgehead atoms. The maximum absolute atomic E-state index is 13.6. The third kappa shape index (κ3) is 3.84. The molecule has 0 atom stereocenters. The second-order valence-corrected chi connectivity index (χ2v) is 4.89. The minimum absolute atomic E-state index is 0.180. The van der Waals surface area contributed by atoms with Crippen LogP contribution in [0.25, 0.3) is 0 Å². The summed E-state index contributed by atoms with van der Waals surface area (Å²) in [6.45, 7) is 6.55. The first-order valence-electron chi connectivity index (χ1n) is 5.50. The number of carbonyl (C=O) groups excluding carboxylic acids is 2. The number of amides is 2. The summed E-state index contributed by atoms with van der Waals surface area (Å²) in [6.07, 6.45) is -0.895. The van der Waals surface area contributed by atoms with E-state index in [1.165, 1.54) is 6.07 Å². The van der Waals surface area contributed by atoms with Crippen LogP contribution < -0.4 is 5.32 Å². The minimum Gasteiger partial charge on any atom is -0.444 e. The Morgan fingerprint density at radius 2 is 1.89 bits per heavy atom. The summed E-state index contributed by atoms with van der Waals surface area (Å²) < 4.78 is 18.5. The lowest BCUT2D eigenvalue weighted by molar-refractivity contribution is 0.0508. The van der Waals surface area contributed by atoms with Gasteiger partial charge in [0, 0.05) is 0 Å². The predicted molar refractivity (Wildman–Crippen MR) is 64.8 cm³/mol. The van der Waals surface area contributed by atoms with Crippen molar-refractivity contribution in [3.05, 3.63) is 35.1 Å². The van der Waals surface area contributed by atoms with E-state index in [1.807, 2.05) is 5.32 Å². The van der Waals surface area contributed by atoms with Gasteiger partial charge in [0.05, 0.1) is 5.56 Å². The van der Waals surface area contributed by atoms with Gasteiger partial charge in [0.1, 0.15) is 11.4 Å². The van der Waals surface area contributed by atoms with Crippen LogP contribution in [0.5, 0.6) is 0 Å². The number of hydrogen-bond donors (Lipinski definition) is 1. The highest BCUT2D eigenvalue weighted by atomic mass is 19.1. The largest absolute Gasteiger partial charge is 0.444 e. The Hall–Kier alpha value is -1.91. The molecule has 1 aromatic rings. The number of halogens is 1. The van der Waals surface area contributed by atoms with Crippen molar-refractivity contribution in [3.63, 3.8) is 0 Å². The van der Waals surface area contributed by atoms with Gasteiger partial charge in [-0.1, -0.05) is 12.1 Å². The minimum atomic E-state index is -0.895. The van der Waals surface area contributed by atoms with E-state index in [0.29, 0.717) is 5.56 Å². The molecule has 0 aliphatic carbocycles. The van der Waals surface area contributed by atoms with E-state index in [1.54, 1.807) is 39.8 Å². The summed E-state index contributed by atoms with van der Waals surface area (Å²) >= 11 is 0. The van der Waals surface area contributed by atoms with E-state index in [9.17, 15) is 14.0 Å². The molecular formula is C13H16FNO3. The van der Waals surface area contributed by atoms with Gasteiger partial charge in [-0.2, -0.15) is 0 Å². The van der Waals surface area contributed by atoms with Crippen molar-refractivity contribution in [2.75, 3.05) is 0 Å². The first-order chi connectivity index (χ1) is 8.20. The van der Waals surface area contributed by atoms with Crippen LogP contribution in [0, 0.1) is 12.7 Å². The zero-order valence-corrected chi connectivity index (χ0v) is 10.8. The molecule has 0 radical (unpaired) electrons. The number of alkyl carbamates (subject to hydrolysis) is 1. The molecule has 0 aliphatic heterocycles. The van der Waals surface area contributed by atoms with Crippen molar-refractivity contribution in [1.29, 1.82) is 0 Å². The van der Waals surface area contributed by atoms with Crippen LogP contribution in [-0.4, -0.2) is 17.6 Å². The second kappa shape index (κ2) is 5.16. The smallest absolute Gasteiger partial charge is 0.414 e. The molecular weight excluding hydrogens is 237 g/mol. The Morgan fingerprint density at radius 1 is 1.28 bits per heavy atom. The Bertz CT molecular complexity index is 478. The fraction of sp³-hybridized carbons (Fsp3) is 0.385. The van der Waals surface area contributed by atoms with Crippen LogP contribution in [0.3, 0.4) is 0 Å². The predicted octanol–water partition coefficient (Wildman–Crippen LogP) is 2.80. The quantitative estimate of drug-likeness (QED) is 0.837. The topological polar surface area (TPSA) is 55.4 Å². The van der Waals surface area contributed by atoms with Crippen molar-refractivity contribution in [2.45, 2.75) is 33.3 Å². The summed E-state index contributed by atoms with van der Waals surface area (Å²) in [6, 6.07) is 4.39. The van der Waals surface area contributed by atoms with Gasteiger partial charge in [-0.15, -0.1) is 0 Å². The standard InChI is InChI=1S/C13H16FNO3/c1-8-6-5-7-9(10(8)14)11(16)15-12(17)18-13(2,3)4/h5-7H,1-4H3,(H,15,16,17). The number of imide groups is 1. The lowest BCUT2D eigenvalue weighted by atomic mass is 10.1. The average molecular weight is 253 g/mol. The van der Waals surface area contributed by atoms with Crippen molar-refractivity contribution < 1.29 is 18.7 Å². The van der Waals surface area contributed by atoms with E-state index in [0.717, 1.165) is 0 Å². The molecule has 0 aromatic heterocycles. The Balaban J connectivity index is 2.78. The molecule has 18 heavy (non-hydrogen) atoms. The molecule has 0 unspecified atom stereocenters. The van der Waals surface area contributed by atoms with Crippen molar-refractivity contribution >= 4 is 12.0 Å². The zero-order chi connectivity index (χ0) is 13.9. The third-order valence-corrected chi connectivity index (χ3v) is 2.05. The number of hydrogen-bond acceptors (Lipinski definition) is 3. The monoisotopic (exact) mass is 253 g/mol. The molecule has 0 saturated carbocycles. The summed E-state index contributed by atoms with van der Waals surface area (Å²) in [4.78, 5) is 23.0. The SMILES string of the molecule is Cc1cccc(C(=O)NC(=O)OC(C)(C)C)c1F. The van der Waals surface area contributed by atoms with Gasteiger partial charge in [0.25, 0.3) is 5.91 Å². The van der Waals surface area contributed by atoms with E-state index in [-0.39, 0.29) is 5.56 Å². The number of benzene rings is 1. The first kappa shape index (κ1) is 14.2. The molecule has 0 fully saturated rings. The number of nitrogens with one attached hydrogen (secondary N) is 1. The van der Waals surface area contributed by atoms with E-state index in [2.05, 4.69) is 0 Å². The first-order valence-corrected chi connectivity index (χ1v) is 5.50. The van der Waals surface area contributed by atoms with Crippen LogP contribution in [0.1, 0.15) is 36.7 Å². The number of carbonyl (C=O) groups is 2. The molecule has 2 amide bonds. The van der Waals surface area contributed by atoms with Crippen LogP contribution >= 0.6 is 0 Å². The highest BCUT2D eigenvalue weighted by Gasteiger charge is 2.20. The van der Waals surface area contributed by atoms with Crippen LogP contribution in [0.2, 0.25) is 0 Å². The van der Waals surface area contributed by atoms with Crippen LogP contribution in [0.4, 0.5) is 9.18 Å². The molecule has 1 N–H and O–H groups in total.